The Morgan fingerprint density at radius 1 is 0.933 bits per heavy atom. The van der Waals surface area contributed by atoms with Gasteiger partial charge in [-0.05, 0) is 71.1 Å². The first kappa shape index (κ1) is 19.7. The van der Waals surface area contributed by atoms with Crippen LogP contribution in [-0.2, 0) is 5.41 Å². The molecule has 0 fully saturated rings. The third-order valence-corrected chi connectivity index (χ3v) is 4.79. The minimum Gasteiger partial charge on any atom is -0.454 e. The lowest BCUT2D eigenvalue weighted by atomic mass is 9.87. The van der Waals surface area contributed by atoms with Crippen LogP contribution >= 0.6 is 0 Å². The molecule has 3 aromatic carbocycles. The first-order valence-electron chi connectivity index (χ1n) is 9.75. The van der Waals surface area contributed by atoms with Crippen molar-refractivity contribution < 1.29 is 19.0 Å². The predicted octanol–water partition coefficient (Wildman–Crippen LogP) is 5.68. The first-order valence-corrected chi connectivity index (χ1v) is 9.75. The van der Waals surface area contributed by atoms with Crippen LogP contribution in [0.4, 0.5) is 5.69 Å². The van der Waals surface area contributed by atoms with Crippen molar-refractivity contribution in [2.75, 3.05) is 6.79 Å². The van der Waals surface area contributed by atoms with Gasteiger partial charge in [-0.3, -0.25) is 4.99 Å². The number of carbonyl (C=O) groups excluding carboxylic acids is 1. The van der Waals surface area contributed by atoms with Gasteiger partial charge in [0.05, 0.1) is 11.3 Å². The fourth-order valence-corrected chi connectivity index (χ4v) is 3.02. The minimum atomic E-state index is -0.382. The molecule has 0 bridgehead atoms. The molecule has 0 aliphatic carbocycles. The topological polar surface area (TPSA) is 57.1 Å². The zero-order chi connectivity index (χ0) is 21.1. The minimum absolute atomic E-state index is 0.0411. The van der Waals surface area contributed by atoms with Crippen molar-refractivity contribution in [1.82, 2.24) is 0 Å². The van der Waals surface area contributed by atoms with Gasteiger partial charge in [-0.2, -0.15) is 0 Å². The summed E-state index contributed by atoms with van der Waals surface area (Å²) in [5.74, 6) is 1.55. The van der Waals surface area contributed by atoms with E-state index in [0.717, 1.165) is 22.7 Å². The molecule has 0 saturated carbocycles. The molecule has 1 aliphatic heterocycles. The second-order valence-corrected chi connectivity index (χ2v) is 8.08. The van der Waals surface area contributed by atoms with E-state index in [2.05, 4.69) is 25.8 Å². The maximum Gasteiger partial charge on any atom is 0.343 e. The van der Waals surface area contributed by atoms with E-state index in [0.29, 0.717) is 11.3 Å². The van der Waals surface area contributed by atoms with Crippen LogP contribution in [0.5, 0.6) is 17.2 Å². The van der Waals surface area contributed by atoms with Crippen molar-refractivity contribution >= 4 is 17.9 Å². The van der Waals surface area contributed by atoms with E-state index >= 15 is 0 Å². The number of carbonyl (C=O) groups is 1. The molecule has 0 unspecified atom stereocenters. The molecular formula is C25H23NO4. The van der Waals surface area contributed by atoms with Crippen molar-refractivity contribution in [1.29, 1.82) is 0 Å². The third kappa shape index (κ3) is 4.51. The van der Waals surface area contributed by atoms with Gasteiger partial charge in [0.1, 0.15) is 5.75 Å². The average Bonchev–Trinajstić information content (AvgIpc) is 3.20. The average molecular weight is 401 g/mol. The molecule has 5 heteroatoms. The van der Waals surface area contributed by atoms with Crippen LogP contribution in [-0.4, -0.2) is 19.0 Å². The zero-order valence-corrected chi connectivity index (χ0v) is 17.2. The van der Waals surface area contributed by atoms with Gasteiger partial charge in [-0.25, -0.2) is 4.79 Å². The number of hydrogen-bond donors (Lipinski definition) is 0. The van der Waals surface area contributed by atoms with Gasteiger partial charge < -0.3 is 14.2 Å². The van der Waals surface area contributed by atoms with E-state index < -0.39 is 0 Å². The molecule has 0 saturated heterocycles. The molecule has 0 atom stereocenters. The highest BCUT2D eigenvalue weighted by Crippen LogP contribution is 2.32. The van der Waals surface area contributed by atoms with Crippen LogP contribution < -0.4 is 14.2 Å². The quantitative estimate of drug-likeness (QED) is 0.320. The van der Waals surface area contributed by atoms with E-state index in [-0.39, 0.29) is 18.2 Å². The van der Waals surface area contributed by atoms with Crippen LogP contribution in [0.15, 0.2) is 71.7 Å². The number of rotatable bonds is 4. The lowest BCUT2D eigenvalue weighted by Gasteiger charge is -2.18. The Bertz CT molecular complexity index is 1080. The van der Waals surface area contributed by atoms with Crippen molar-refractivity contribution in [3.05, 3.63) is 83.4 Å². The van der Waals surface area contributed by atoms with Crippen LogP contribution in [0.3, 0.4) is 0 Å². The summed E-state index contributed by atoms with van der Waals surface area (Å²) in [6, 6.07) is 20.2. The van der Waals surface area contributed by atoms with Gasteiger partial charge in [-0.1, -0.05) is 32.9 Å². The highest BCUT2D eigenvalue weighted by molar-refractivity contribution is 5.91. The molecule has 0 aromatic heterocycles. The summed E-state index contributed by atoms with van der Waals surface area (Å²) in [4.78, 5) is 16.8. The Morgan fingerprint density at radius 2 is 1.63 bits per heavy atom. The van der Waals surface area contributed by atoms with Gasteiger partial charge in [0, 0.05) is 6.21 Å². The Labute approximate surface area is 175 Å². The highest BCUT2D eigenvalue weighted by atomic mass is 16.7. The molecule has 0 N–H and O–H groups in total. The molecule has 5 nitrogen and oxygen atoms in total. The SMILES string of the molecule is CC(C)(C)c1ccc(C(=O)Oc2ccc(N=Cc3ccc4c(c3)OCO4)cc2)cc1. The summed E-state index contributed by atoms with van der Waals surface area (Å²) in [5, 5.41) is 0. The molecule has 152 valence electrons. The second-order valence-electron chi connectivity index (χ2n) is 8.08. The number of ether oxygens (including phenoxy) is 3. The Hall–Kier alpha value is -3.60. The Kier molecular flexibility index (Phi) is 5.27. The van der Waals surface area contributed by atoms with E-state index in [1.54, 1.807) is 42.6 Å². The first-order chi connectivity index (χ1) is 14.4. The van der Waals surface area contributed by atoms with Crippen molar-refractivity contribution in [2.45, 2.75) is 26.2 Å². The second kappa shape index (κ2) is 8.03. The summed E-state index contributed by atoms with van der Waals surface area (Å²) >= 11 is 0. The molecule has 4 rings (SSSR count). The van der Waals surface area contributed by atoms with Gasteiger partial charge in [0.2, 0.25) is 6.79 Å². The highest BCUT2D eigenvalue weighted by Gasteiger charge is 2.15. The molecule has 1 heterocycles. The predicted molar refractivity (Wildman–Crippen MR) is 116 cm³/mol. The summed E-state index contributed by atoms with van der Waals surface area (Å²) in [7, 11) is 0. The smallest absolute Gasteiger partial charge is 0.343 e. The van der Waals surface area contributed by atoms with Gasteiger partial charge in [0.25, 0.3) is 0 Å². The largest absolute Gasteiger partial charge is 0.454 e. The maximum atomic E-state index is 12.4. The number of fused-ring (bicyclic) bond motifs is 1. The molecule has 3 aromatic rings. The van der Waals surface area contributed by atoms with Gasteiger partial charge in [-0.15, -0.1) is 0 Å². The third-order valence-electron chi connectivity index (χ3n) is 4.79. The normalized spacial score (nSPS) is 12.9. The summed E-state index contributed by atoms with van der Waals surface area (Å²) in [6.07, 6.45) is 1.75. The van der Waals surface area contributed by atoms with Crippen LogP contribution in [0.1, 0.15) is 42.3 Å². The van der Waals surface area contributed by atoms with Crippen molar-refractivity contribution in [2.24, 2.45) is 4.99 Å². The summed E-state index contributed by atoms with van der Waals surface area (Å²) in [6.45, 7) is 6.65. The monoisotopic (exact) mass is 401 g/mol. The molecule has 30 heavy (non-hydrogen) atoms. The Balaban J connectivity index is 1.39. The summed E-state index contributed by atoms with van der Waals surface area (Å²) in [5.41, 5.74) is 3.39. The number of nitrogens with zero attached hydrogens (tertiary/aromatic N) is 1. The van der Waals surface area contributed by atoms with Crippen LogP contribution in [0.2, 0.25) is 0 Å². The van der Waals surface area contributed by atoms with E-state index in [9.17, 15) is 4.79 Å². The van der Waals surface area contributed by atoms with Gasteiger partial charge in [0.15, 0.2) is 11.5 Å². The molecule has 0 spiro atoms. The number of aliphatic imine (C=N–C) groups is 1. The standard InChI is InChI=1S/C25H23NO4/c1-25(2,3)19-7-5-18(6-8-19)24(27)30-21-11-9-20(10-12-21)26-15-17-4-13-22-23(14-17)29-16-28-22/h4-15H,16H2,1-3H3. The number of benzene rings is 3. The van der Waals surface area contributed by atoms with E-state index in [1.165, 1.54) is 5.56 Å². The maximum absolute atomic E-state index is 12.4. The Morgan fingerprint density at radius 3 is 2.33 bits per heavy atom. The number of esters is 1. The summed E-state index contributed by atoms with van der Waals surface area (Å²) < 4.78 is 16.1. The van der Waals surface area contributed by atoms with Crippen LogP contribution in [0, 0.1) is 0 Å². The zero-order valence-electron chi connectivity index (χ0n) is 17.2. The molecular weight excluding hydrogens is 378 g/mol. The van der Waals surface area contributed by atoms with Gasteiger partial charge >= 0.3 is 5.97 Å². The van der Waals surface area contributed by atoms with Crippen LogP contribution in [0.25, 0.3) is 0 Å². The molecule has 0 amide bonds. The lowest BCUT2D eigenvalue weighted by molar-refractivity contribution is 0.0734. The van der Waals surface area contributed by atoms with E-state index in [4.69, 9.17) is 14.2 Å². The van der Waals surface area contributed by atoms with Crippen molar-refractivity contribution in [3.63, 3.8) is 0 Å². The fourth-order valence-electron chi connectivity index (χ4n) is 3.02. The number of hydrogen-bond acceptors (Lipinski definition) is 5. The lowest BCUT2D eigenvalue weighted by Crippen LogP contribution is -2.12. The molecule has 0 radical (unpaired) electrons. The fraction of sp³-hybridized carbons (Fsp3) is 0.200. The molecule has 1 aliphatic rings. The van der Waals surface area contributed by atoms with Crippen molar-refractivity contribution in [3.8, 4) is 17.2 Å². The van der Waals surface area contributed by atoms with E-state index in [1.807, 2.05) is 30.3 Å².